The van der Waals surface area contributed by atoms with Gasteiger partial charge in [0.15, 0.2) is 0 Å². The van der Waals surface area contributed by atoms with Crippen LogP contribution in [-0.4, -0.2) is 35.7 Å². The number of rotatable bonds is 7. The summed E-state index contributed by atoms with van der Waals surface area (Å²) in [5, 5.41) is 3.01. The summed E-state index contributed by atoms with van der Waals surface area (Å²) >= 11 is 0. The highest BCUT2D eigenvalue weighted by Gasteiger charge is 2.17. The molecule has 0 unspecified atom stereocenters. The van der Waals surface area contributed by atoms with Crippen molar-refractivity contribution in [2.45, 2.75) is 18.2 Å². The van der Waals surface area contributed by atoms with E-state index in [4.69, 9.17) is 4.74 Å². The number of methoxy groups -OCH3 is 1. The summed E-state index contributed by atoms with van der Waals surface area (Å²) in [5.74, 6) is 0.663. The van der Waals surface area contributed by atoms with E-state index in [0.29, 0.717) is 30.2 Å². The number of nitrogens with one attached hydrogen (secondary N) is 2. The van der Waals surface area contributed by atoms with Crippen molar-refractivity contribution in [3.8, 4) is 5.75 Å². The number of sulfonamides is 1. The molecule has 0 aliphatic heterocycles. The summed E-state index contributed by atoms with van der Waals surface area (Å²) in [4.78, 5) is 0.320. The largest absolute Gasteiger partial charge is 0.497 e. The molecule has 102 valence electrons. The Bertz CT molecular complexity index is 486. The van der Waals surface area contributed by atoms with Crippen molar-refractivity contribution in [2.24, 2.45) is 0 Å². The molecule has 18 heavy (non-hydrogen) atoms. The first kappa shape index (κ1) is 14.9. The van der Waals surface area contributed by atoms with E-state index < -0.39 is 10.0 Å². The third-order valence-corrected chi connectivity index (χ3v) is 4.18. The van der Waals surface area contributed by atoms with Crippen molar-refractivity contribution >= 4 is 10.0 Å². The van der Waals surface area contributed by atoms with Crippen molar-refractivity contribution in [1.82, 2.24) is 10.0 Å². The van der Waals surface area contributed by atoms with Gasteiger partial charge in [0, 0.05) is 6.54 Å². The number of benzene rings is 1. The minimum absolute atomic E-state index is 0.320. The molecule has 0 bridgehead atoms. The Morgan fingerprint density at radius 1 is 1.33 bits per heavy atom. The molecule has 0 radical (unpaired) electrons. The van der Waals surface area contributed by atoms with Gasteiger partial charge in [-0.05, 0) is 43.8 Å². The quantitative estimate of drug-likeness (QED) is 0.769. The molecule has 0 aliphatic rings. The second-order valence-electron chi connectivity index (χ2n) is 3.83. The van der Waals surface area contributed by atoms with Gasteiger partial charge in [-0.15, -0.1) is 0 Å². The molecule has 0 aromatic heterocycles. The Hall–Kier alpha value is -1.11. The molecular weight excluding hydrogens is 252 g/mol. The Labute approximate surface area is 109 Å². The average Bonchev–Trinajstić information content (AvgIpc) is 2.35. The van der Waals surface area contributed by atoms with E-state index in [9.17, 15) is 8.42 Å². The highest BCUT2D eigenvalue weighted by atomic mass is 32.2. The van der Waals surface area contributed by atoms with Gasteiger partial charge in [-0.25, -0.2) is 13.1 Å². The predicted molar refractivity (Wildman–Crippen MR) is 71.5 cm³/mol. The van der Waals surface area contributed by atoms with E-state index in [-0.39, 0.29) is 0 Å². The molecule has 0 atom stereocenters. The van der Waals surface area contributed by atoms with E-state index >= 15 is 0 Å². The zero-order valence-corrected chi connectivity index (χ0v) is 11.8. The molecule has 0 fully saturated rings. The lowest BCUT2D eigenvalue weighted by Crippen LogP contribution is -2.25. The molecule has 0 spiro atoms. The van der Waals surface area contributed by atoms with Gasteiger partial charge in [0.1, 0.15) is 5.75 Å². The van der Waals surface area contributed by atoms with Gasteiger partial charge < -0.3 is 10.1 Å². The zero-order valence-electron chi connectivity index (χ0n) is 11.0. The van der Waals surface area contributed by atoms with Crippen molar-refractivity contribution in [3.05, 3.63) is 23.8 Å². The second kappa shape index (κ2) is 6.72. The topological polar surface area (TPSA) is 67.4 Å². The number of ether oxygens (including phenoxy) is 1. The highest BCUT2D eigenvalue weighted by Crippen LogP contribution is 2.22. The third kappa shape index (κ3) is 3.69. The first-order valence-electron chi connectivity index (χ1n) is 5.86. The Morgan fingerprint density at radius 3 is 2.61 bits per heavy atom. The lowest BCUT2D eigenvalue weighted by Gasteiger charge is -2.12. The lowest BCUT2D eigenvalue weighted by molar-refractivity contribution is 0.413. The minimum Gasteiger partial charge on any atom is -0.497 e. The van der Waals surface area contributed by atoms with E-state index in [0.717, 1.165) is 5.56 Å². The molecule has 0 aliphatic carbocycles. The van der Waals surface area contributed by atoms with Gasteiger partial charge in [-0.3, -0.25) is 0 Å². The summed E-state index contributed by atoms with van der Waals surface area (Å²) in [6.45, 7) is 2.84. The second-order valence-corrected chi connectivity index (χ2v) is 5.56. The first-order valence-corrected chi connectivity index (χ1v) is 7.34. The average molecular weight is 272 g/mol. The SMILES string of the molecule is CCNS(=O)(=O)c1ccc(OC)cc1CCNC. The third-order valence-electron chi connectivity index (χ3n) is 2.54. The van der Waals surface area contributed by atoms with Crippen LogP contribution in [0.3, 0.4) is 0 Å². The van der Waals surface area contributed by atoms with E-state index in [1.165, 1.54) is 0 Å². The monoisotopic (exact) mass is 272 g/mol. The van der Waals surface area contributed by atoms with Crippen LogP contribution < -0.4 is 14.8 Å². The van der Waals surface area contributed by atoms with Crippen molar-refractivity contribution < 1.29 is 13.2 Å². The first-order chi connectivity index (χ1) is 8.55. The van der Waals surface area contributed by atoms with E-state index in [2.05, 4.69) is 10.0 Å². The summed E-state index contributed by atoms with van der Waals surface area (Å²) in [5.41, 5.74) is 0.754. The van der Waals surface area contributed by atoms with Gasteiger partial charge in [0.2, 0.25) is 10.0 Å². The lowest BCUT2D eigenvalue weighted by atomic mass is 10.1. The van der Waals surface area contributed by atoms with Gasteiger partial charge in [0.05, 0.1) is 12.0 Å². The maximum absolute atomic E-state index is 12.0. The Morgan fingerprint density at radius 2 is 2.06 bits per heavy atom. The van der Waals surface area contributed by atoms with Crippen LogP contribution in [0.5, 0.6) is 5.75 Å². The standard InChI is InChI=1S/C12H20N2O3S/c1-4-14-18(15,16)12-6-5-11(17-3)9-10(12)7-8-13-2/h5-6,9,13-14H,4,7-8H2,1-3H3. The molecule has 0 saturated carbocycles. The van der Waals surface area contributed by atoms with Gasteiger partial charge in [-0.2, -0.15) is 0 Å². The molecule has 0 saturated heterocycles. The number of hydrogen-bond donors (Lipinski definition) is 2. The van der Waals surface area contributed by atoms with Crippen LogP contribution in [0.4, 0.5) is 0 Å². The molecule has 5 nitrogen and oxygen atoms in total. The van der Waals surface area contributed by atoms with E-state index in [1.54, 1.807) is 32.2 Å². The Kier molecular flexibility index (Phi) is 5.58. The van der Waals surface area contributed by atoms with Gasteiger partial charge in [-0.1, -0.05) is 6.92 Å². The fourth-order valence-corrected chi connectivity index (χ4v) is 2.96. The summed E-state index contributed by atoms with van der Waals surface area (Å²) in [6.07, 6.45) is 0.633. The highest BCUT2D eigenvalue weighted by molar-refractivity contribution is 7.89. The molecule has 1 rings (SSSR count). The predicted octanol–water partition coefficient (Wildman–Crippen LogP) is 0.755. The maximum Gasteiger partial charge on any atom is 0.240 e. The molecular formula is C12H20N2O3S. The fourth-order valence-electron chi connectivity index (χ4n) is 1.67. The summed E-state index contributed by atoms with van der Waals surface area (Å²) in [7, 11) is -0.0326. The van der Waals surface area contributed by atoms with Gasteiger partial charge in [0.25, 0.3) is 0 Å². The number of hydrogen-bond acceptors (Lipinski definition) is 4. The minimum atomic E-state index is -3.43. The van der Waals surface area contributed by atoms with Crippen LogP contribution in [-0.2, 0) is 16.4 Å². The molecule has 1 aromatic carbocycles. The van der Waals surface area contributed by atoms with E-state index in [1.807, 2.05) is 7.05 Å². The smallest absolute Gasteiger partial charge is 0.240 e. The molecule has 2 N–H and O–H groups in total. The van der Waals surface area contributed by atoms with Crippen LogP contribution in [0.2, 0.25) is 0 Å². The molecule has 6 heteroatoms. The molecule has 0 heterocycles. The molecule has 1 aromatic rings. The fraction of sp³-hybridized carbons (Fsp3) is 0.500. The van der Waals surface area contributed by atoms with Crippen molar-refractivity contribution in [1.29, 1.82) is 0 Å². The van der Waals surface area contributed by atoms with Gasteiger partial charge >= 0.3 is 0 Å². The normalized spacial score (nSPS) is 11.5. The van der Waals surface area contributed by atoms with Crippen molar-refractivity contribution in [3.63, 3.8) is 0 Å². The van der Waals surface area contributed by atoms with Crippen LogP contribution in [0.1, 0.15) is 12.5 Å². The number of likely N-dealkylation sites (N-methyl/N-ethyl adjacent to an activating group) is 1. The maximum atomic E-state index is 12.0. The summed E-state index contributed by atoms with van der Waals surface area (Å²) < 4.78 is 31.7. The zero-order chi connectivity index (χ0) is 13.6. The van der Waals surface area contributed by atoms with Crippen LogP contribution >= 0.6 is 0 Å². The Balaban J connectivity index is 3.17. The van der Waals surface area contributed by atoms with Crippen LogP contribution in [0.15, 0.2) is 23.1 Å². The van der Waals surface area contributed by atoms with Crippen LogP contribution in [0, 0.1) is 0 Å². The summed E-state index contributed by atoms with van der Waals surface area (Å²) in [6, 6.07) is 5.01. The molecule has 0 amide bonds. The van der Waals surface area contributed by atoms with Crippen LogP contribution in [0.25, 0.3) is 0 Å². The van der Waals surface area contributed by atoms with Crippen molar-refractivity contribution in [2.75, 3.05) is 27.2 Å².